The predicted octanol–water partition coefficient (Wildman–Crippen LogP) is 5.14. The van der Waals surface area contributed by atoms with Crippen molar-refractivity contribution in [1.82, 2.24) is 10.3 Å². The summed E-state index contributed by atoms with van der Waals surface area (Å²) in [6, 6.07) is 9.71. The Hall–Kier alpha value is -1.19. The second kappa shape index (κ2) is 7.71. The molecule has 1 aromatic heterocycles. The van der Waals surface area contributed by atoms with Gasteiger partial charge < -0.3 is 5.32 Å². The molecule has 2 atom stereocenters. The number of thiazole rings is 1. The van der Waals surface area contributed by atoms with Crippen LogP contribution in [0.25, 0.3) is 0 Å². The number of nitrogens with one attached hydrogen (secondary N) is 1. The molecule has 21 heavy (non-hydrogen) atoms. The summed E-state index contributed by atoms with van der Waals surface area (Å²) >= 11 is 1.73. The Labute approximate surface area is 132 Å². The van der Waals surface area contributed by atoms with Crippen LogP contribution in [-0.4, -0.2) is 4.98 Å². The van der Waals surface area contributed by atoms with Crippen molar-refractivity contribution < 1.29 is 0 Å². The minimum Gasteiger partial charge on any atom is -0.301 e. The minimum absolute atomic E-state index is 0.340. The van der Waals surface area contributed by atoms with Crippen LogP contribution in [-0.2, 0) is 6.42 Å². The molecule has 1 aromatic carbocycles. The Morgan fingerprint density at radius 3 is 2.38 bits per heavy atom. The average Bonchev–Trinajstić information content (AvgIpc) is 2.98. The fourth-order valence-corrected chi connectivity index (χ4v) is 3.36. The highest BCUT2D eigenvalue weighted by atomic mass is 32.1. The summed E-state index contributed by atoms with van der Waals surface area (Å²) in [5, 5.41) is 6.92. The van der Waals surface area contributed by atoms with E-state index in [1.165, 1.54) is 16.1 Å². The first-order valence-electron chi connectivity index (χ1n) is 7.84. The van der Waals surface area contributed by atoms with Crippen molar-refractivity contribution in [2.24, 2.45) is 5.92 Å². The van der Waals surface area contributed by atoms with E-state index in [1.807, 2.05) is 11.6 Å². The summed E-state index contributed by atoms with van der Waals surface area (Å²) in [5.41, 5.74) is 2.77. The van der Waals surface area contributed by atoms with Gasteiger partial charge in [0, 0.05) is 17.6 Å². The van der Waals surface area contributed by atoms with E-state index in [0.717, 1.165) is 12.8 Å². The number of rotatable bonds is 7. The van der Waals surface area contributed by atoms with E-state index in [-0.39, 0.29) is 0 Å². The number of hydrogen-bond donors (Lipinski definition) is 1. The van der Waals surface area contributed by atoms with E-state index in [1.54, 1.807) is 11.3 Å². The molecule has 114 valence electrons. The van der Waals surface area contributed by atoms with Crippen LogP contribution in [0.5, 0.6) is 0 Å². The fourth-order valence-electron chi connectivity index (χ4n) is 2.58. The van der Waals surface area contributed by atoms with Gasteiger partial charge in [-0.15, -0.1) is 11.3 Å². The molecule has 2 unspecified atom stereocenters. The summed E-state index contributed by atoms with van der Waals surface area (Å²) in [5.74, 6) is 0.709. The molecule has 2 nitrogen and oxygen atoms in total. The molecule has 3 heteroatoms. The van der Waals surface area contributed by atoms with Crippen LogP contribution in [0, 0.1) is 5.92 Å². The summed E-state index contributed by atoms with van der Waals surface area (Å²) in [6.45, 7) is 8.96. The van der Waals surface area contributed by atoms with Crippen LogP contribution >= 0.6 is 11.3 Å². The van der Waals surface area contributed by atoms with Crippen LogP contribution in [0.2, 0.25) is 0 Å². The summed E-state index contributed by atoms with van der Waals surface area (Å²) < 4.78 is 0. The zero-order valence-corrected chi connectivity index (χ0v) is 14.3. The largest absolute Gasteiger partial charge is 0.301 e. The highest BCUT2D eigenvalue weighted by molar-refractivity contribution is 7.09. The van der Waals surface area contributed by atoms with Crippen LogP contribution in [0.4, 0.5) is 0 Å². The van der Waals surface area contributed by atoms with Gasteiger partial charge in [0.05, 0.1) is 6.04 Å². The van der Waals surface area contributed by atoms with Gasteiger partial charge in [0.25, 0.3) is 0 Å². The van der Waals surface area contributed by atoms with E-state index in [4.69, 9.17) is 0 Å². The van der Waals surface area contributed by atoms with Crippen LogP contribution in [0.3, 0.4) is 0 Å². The van der Waals surface area contributed by atoms with Gasteiger partial charge in [-0.2, -0.15) is 0 Å². The van der Waals surface area contributed by atoms with Crippen molar-refractivity contribution in [3.05, 3.63) is 52.0 Å². The van der Waals surface area contributed by atoms with Gasteiger partial charge in [0.15, 0.2) is 0 Å². The third kappa shape index (κ3) is 4.65. The molecule has 1 heterocycles. The lowest BCUT2D eigenvalue weighted by atomic mass is 9.99. The molecule has 0 aliphatic rings. The summed E-state index contributed by atoms with van der Waals surface area (Å²) in [7, 11) is 0. The number of nitrogens with zero attached hydrogens (tertiary/aromatic N) is 1. The molecule has 0 bridgehead atoms. The number of benzene rings is 1. The monoisotopic (exact) mass is 302 g/mol. The molecule has 0 spiro atoms. The normalized spacial score (nSPS) is 14.3. The molecule has 0 aliphatic carbocycles. The lowest BCUT2D eigenvalue weighted by Crippen LogP contribution is -2.24. The molecule has 2 aromatic rings. The van der Waals surface area contributed by atoms with Gasteiger partial charge >= 0.3 is 0 Å². The van der Waals surface area contributed by atoms with Gasteiger partial charge in [-0.05, 0) is 36.8 Å². The molecule has 0 aliphatic heterocycles. The minimum atomic E-state index is 0.340. The maximum atomic E-state index is 4.44. The Kier molecular flexibility index (Phi) is 5.95. The molecule has 1 N–H and O–H groups in total. The van der Waals surface area contributed by atoms with Gasteiger partial charge in [0.1, 0.15) is 5.01 Å². The summed E-state index contributed by atoms with van der Waals surface area (Å²) in [6.07, 6.45) is 4.10. The Morgan fingerprint density at radius 2 is 1.86 bits per heavy atom. The zero-order valence-electron chi connectivity index (χ0n) is 13.5. The third-order valence-electron chi connectivity index (χ3n) is 3.73. The number of aromatic nitrogens is 1. The Bertz CT molecular complexity index is 517. The quantitative estimate of drug-likeness (QED) is 0.765. The van der Waals surface area contributed by atoms with Gasteiger partial charge in [-0.25, -0.2) is 4.98 Å². The molecule has 0 saturated carbocycles. The van der Waals surface area contributed by atoms with Crippen molar-refractivity contribution in [2.75, 3.05) is 0 Å². The van der Waals surface area contributed by atoms with Crippen molar-refractivity contribution in [2.45, 2.75) is 52.6 Å². The van der Waals surface area contributed by atoms with Crippen LogP contribution < -0.4 is 5.32 Å². The fraction of sp³-hybridized carbons (Fsp3) is 0.500. The van der Waals surface area contributed by atoms with E-state index in [0.29, 0.717) is 18.0 Å². The van der Waals surface area contributed by atoms with Gasteiger partial charge in [-0.1, -0.05) is 45.0 Å². The smallest absolute Gasteiger partial charge is 0.109 e. The lowest BCUT2D eigenvalue weighted by Gasteiger charge is -2.21. The second-order valence-electron chi connectivity index (χ2n) is 6.06. The first kappa shape index (κ1) is 16.2. The molecule has 0 amide bonds. The molecular formula is C18H26N2S. The van der Waals surface area contributed by atoms with E-state index in [9.17, 15) is 0 Å². The molecule has 0 radical (unpaired) electrons. The average molecular weight is 302 g/mol. The van der Waals surface area contributed by atoms with Gasteiger partial charge in [-0.3, -0.25) is 0 Å². The molecular weight excluding hydrogens is 276 g/mol. The van der Waals surface area contributed by atoms with Crippen molar-refractivity contribution in [3.8, 4) is 0 Å². The Morgan fingerprint density at radius 1 is 1.14 bits per heavy atom. The van der Waals surface area contributed by atoms with Crippen LogP contribution in [0.1, 0.15) is 62.3 Å². The third-order valence-corrected chi connectivity index (χ3v) is 4.62. The molecule has 0 saturated heterocycles. The molecule has 2 rings (SSSR count). The summed E-state index contributed by atoms with van der Waals surface area (Å²) in [4.78, 5) is 4.44. The van der Waals surface area contributed by atoms with Crippen molar-refractivity contribution in [1.29, 1.82) is 0 Å². The Balaban J connectivity index is 2.00. The first-order valence-corrected chi connectivity index (χ1v) is 8.72. The maximum absolute atomic E-state index is 4.44. The van der Waals surface area contributed by atoms with E-state index >= 15 is 0 Å². The number of hydrogen-bond acceptors (Lipinski definition) is 3. The maximum Gasteiger partial charge on any atom is 0.109 e. The van der Waals surface area contributed by atoms with E-state index in [2.05, 4.69) is 62.3 Å². The lowest BCUT2D eigenvalue weighted by molar-refractivity contribution is 0.455. The van der Waals surface area contributed by atoms with Crippen LogP contribution in [0.15, 0.2) is 35.8 Å². The highest BCUT2D eigenvalue weighted by Gasteiger charge is 2.15. The predicted molar refractivity (Wildman–Crippen MR) is 91.7 cm³/mol. The van der Waals surface area contributed by atoms with E-state index < -0.39 is 0 Å². The second-order valence-corrected chi connectivity index (χ2v) is 6.99. The standard InChI is InChI=1S/C18H26N2S/c1-5-17(18-19-10-11-21-18)20-14(4)16-8-6-15(7-9-16)12-13(2)3/h6-11,13-14,17,20H,5,12H2,1-4H3. The van der Waals surface area contributed by atoms with Crippen molar-refractivity contribution in [3.63, 3.8) is 0 Å². The zero-order chi connectivity index (χ0) is 15.2. The highest BCUT2D eigenvalue weighted by Crippen LogP contribution is 2.24. The van der Waals surface area contributed by atoms with Crippen molar-refractivity contribution >= 4 is 11.3 Å². The topological polar surface area (TPSA) is 24.9 Å². The first-order chi connectivity index (χ1) is 10.1. The molecule has 0 fully saturated rings. The van der Waals surface area contributed by atoms with Gasteiger partial charge in [0.2, 0.25) is 0 Å². The SMILES string of the molecule is CCC(NC(C)c1ccc(CC(C)C)cc1)c1nccs1.